The van der Waals surface area contributed by atoms with Gasteiger partial charge in [-0.05, 0) is 6.92 Å². The average Bonchev–Trinajstić information content (AvgIpc) is 2.05. The third-order valence-corrected chi connectivity index (χ3v) is 1.57. The molecule has 0 saturated heterocycles. The fourth-order valence-corrected chi connectivity index (χ4v) is 1.03. The van der Waals surface area contributed by atoms with Gasteiger partial charge < -0.3 is 4.74 Å². The van der Waals surface area contributed by atoms with Crippen molar-refractivity contribution in [3.8, 4) is 5.88 Å². The molecule has 66 valence electrons. The van der Waals surface area contributed by atoms with Crippen molar-refractivity contribution >= 4 is 0 Å². The average molecular weight is 167 g/mol. The van der Waals surface area contributed by atoms with E-state index in [1.165, 1.54) is 0 Å². The lowest BCUT2D eigenvalue weighted by molar-refractivity contribution is -0.396. The molecule has 3 nitrogen and oxygen atoms in total. The van der Waals surface area contributed by atoms with Gasteiger partial charge in [0.05, 0.1) is 12.8 Å². The number of H-pyrrole nitrogens is 1. The number of nitrogens with one attached hydrogen (secondary N) is 1. The summed E-state index contributed by atoms with van der Waals surface area (Å²) in [5.41, 5.74) is 0.986. The molecular weight excluding hydrogens is 152 g/mol. The van der Waals surface area contributed by atoms with Gasteiger partial charge in [-0.1, -0.05) is 13.8 Å². The Morgan fingerprint density at radius 2 is 2.33 bits per heavy atom. The highest BCUT2D eigenvalue weighted by Crippen LogP contribution is 2.17. The van der Waals surface area contributed by atoms with Crippen molar-refractivity contribution in [1.82, 2.24) is 4.98 Å². The molecule has 1 aromatic heterocycles. The van der Waals surface area contributed by atoms with Gasteiger partial charge in [-0.2, -0.15) is 4.98 Å². The number of nitrogens with zero attached hydrogens (tertiary/aromatic N) is 1. The number of hydrogen-bond donors (Lipinski definition) is 0. The zero-order valence-electron chi connectivity index (χ0n) is 7.79. The molecule has 0 spiro atoms. The molecule has 1 aromatic rings. The summed E-state index contributed by atoms with van der Waals surface area (Å²) in [7, 11) is 0. The van der Waals surface area contributed by atoms with Crippen LogP contribution in [0.2, 0.25) is 0 Å². The highest BCUT2D eigenvalue weighted by atomic mass is 16.5. The maximum atomic E-state index is 5.38. The van der Waals surface area contributed by atoms with Gasteiger partial charge in [0, 0.05) is 5.92 Å². The summed E-state index contributed by atoms with van der Waals surface area (Å²) < 4.78 is 5.38. The molecule has 0 aliphatic rings. The second-order valence-electron chi connectivity index (χ2n) is 2.89. The maximum Gasteiger partial charge on any atom is 0.388 e. The van der Waals surface area contributed by atoms with Crippen molar-refractivity contribution in [2.75, 3.05) is 6.61 Å². The Morgan fingerprint density at radius 3 is 2.92 bits per heavy atom. The summed E-state index contributed by atoms with van der Waals surface area (Å²) in [6.45, 7) is 6.82. The van der Waals surface area contributed by atoms with Crippen LogP contribution in [0.4, 0.5) is 0 Å². The first-order chi connectivity index (χ1) is 5.75. The van der Waals surface area contributed by atoms with Crippen molar-refractivity contribution in [3.63, 3.8) is 0 Å². The van der Waals surface area contributed by atoms with Crippen LogP contribution in [0.1, 0.15) is 32.4 Å². The van der Waals surface area contributed by atoms with Gasteiger partial charge in [0.15, 0.2) is 11.9 Å². The van der Waals surface area contributed by atoms with Gasteiger partial charge in [0.2, 0.25) is 0 Å². The van der Waals surface area contributed by atoms with Crippen molar-refractivity contribution in [2.24, 2.45) is 0 Å². The fourth-order valence-electron chi connectivity index (χ4n) is 1.03. The lowest BCUT2D eigenvalue weighted by atomic mass is 10.1. The van der Waals surface area contributed by atoms with Gasteiger partial charge in [-0.15, -0.1) is 0 Å². The van der Waals surface area contributed by atoms with E-state index in [9.17, 15) is 0 Å². The van der Waals surface area contributed by atoms with Crippen LogP contribution in [0.25, 0.3) is 0 Å². The lowest BCUT2D eigenvalue weighted by Crippen LogP contribution is -2.13. The summed E-state index contributed by atoms with van der Waals surface area (Å²) >= 11 is 0. The minimum Gasteiger partial charge on any atom is -0.443 e. The molecule has 0 saturated carbocycles. The van der Waals surface area contributed by atoms with E-state index in [1.807, 2.05) is 6.92 Å². The molecule has 3 heteroatoms. The molecule has 0 amide bonds. The molecule has 0 unspecified atom stereocenters. The first kappa shape index (κ1) is 8.97. The van der Waals surface area contributed by atoms with Crippen LogP contribution >= 0.6 is 0 Å². The van der Waals surface area contributed by atoms with E-state index < -0.39 is 0 Å². The zero-order chi connectivity index (χ0) is 8.97. The maximum absolute atomic E-state index is 5.38. The van der Waals surface area contributed by atoms with Crippen LogP contribution in [0.3, 0.4) is 0 Å². The standard InChI is InChI=1S/C9H14N2O/c1-4-12-9-8(7(2)3)10-5-6-11-9/h5-7H,4H2,1-3H3/p+1. The van der Waals surface area contributed by atoms with Crippen LogP contribution < -0.4 is 9.72 Å². The first-order valence-corrected chi connectivity index (χ1v) is 4.25. The third kappa shape index (κ3) is 1.94. The molecule has 1 rings (SSSR count). The Kier molecular flexibility index (Phi) is 3.02. The molecule has 0 aliphatic heterocycles. The normalized spacial score (nSPS) is 10.3. The SMILES string of the molecule is CCOc1[nH+]ccnc1C(C)C. The molecule has 0 bridgehead atoms. The molecule has 0 fully saturated rings. The van der Waals surface area contributed by atoms with E-state index in [4.69, 9.17) is 4.74 Å². The summed E-state index contributed by atoms with van der Waals surface area (Å²) in [6, 6.07) is 0. The van der Waals surface area contributed by atoms with E-state index in [0.29, 0.717) is 12.5 Å². The van der Waals surface area contributed by atoms with Gasteiger partial charge >= 0.3 is 5.88 Å². The van der Waals surface area contributed by atoms with E-state index in [1.54, 1.807) is 12.4 Å². The summed E-state index contributed by atoms with van der Waals surface area (Å²) in [6.07, 6.45) is 3.52. The Labute approximate surface area is 72.8 Å². The molecular formula is C9H15N2O+. The fraction of sp³-hybridized carbons (Fsp3) is 0.556. The monoisotopic (exact) mass is 167 g/mol. The molecule has 1 heterocycles. The summed E-state index contributed by atoms with van der Waals surface area (Å²) in [4.78, 5) is 7.28. The first-order valence-electron chi connectivity index (χ1n) is 4.25. The minimum absolute atomic E-state index is 0.393. The van der Waals surface area contributed by atoms with Crippen LogP contribution in [0, 0.1) is 0 Å². The molecule has 0 aromatic carbocycles. The second-order valence-corrected chi connectivity index (χ2v) is 2.89. The number of aromatic amines is 1. The zero-order valence-corrected chi connectivity index (χ0v) is 7.79. The Bertz CT molecular complexity index is 248. The van der Waals surface area contributed by atoms with Crippen LogP contribution in [-0.4, -0.2) is 11.6 Å². The van der Waals surface area contributed by atoms with Crippen molar-refractivity contribution in [2.45, 2.75) is 26.7 Å². The van der Waals surface area contributed by atoms with Gasteiger partial charge in [-0.25, -0.2) is 4.98 Å². The summed E-state index contributed by atoms with van der Waals surface area (Å²) in [5, 5.41) is 0. The quantitative estimate of drug-likeness (QED) is 0.682. The van der Waals surface area contributed by atoms with E-state index in [-0.39, 0.29) is 0 Å². The Hall–Kier alpha value is -1.12. The van der Waals surface area contributed by atoms with Crippen LogP contribution in [0.5, 0.6) is 5.88 Å². The highest BCUT2D eigenvalue weighted by molar-refractivity contribution is 5.14. The topological polar surface area (TPSA) is 36.3 Å². The van der Waals surface area contributed by atoms with Gasteiger partial charge in [-0.3, -0.25) is 0 Å². The van der Waals surface area contributed by atoms with E-state index in [2.05, 4.69) is 23.8 Å². The van der Waals surface area contributed by atoms with Crippen molar-refractivity contribution in [3.05, 3.63) is 18.1 Å². The predicted octanol–water partition coefficient (Wildman–Crippen LogP) is 1.42. The number of hydrogen-bond acceptors (Lipinski definition) is 2. The minimum atomic E-state index is 0.393. The van der Waals surface area contributed by atoms with E-state index >= 15 is 0 Å². The number of rotatable bonds is 3. The molecule has 0 aliphatic carbocycles. The smallest absolute Gasteiger partial charge is 0.388 e. The van der Waals surface area contributed by atoms with Crippen molar-refractivity contribution < 1.29 is 9.72 Å². The largest absolute Gasteiger partial charge is 0.443 e. The Balaban J connectivity index is 2.92. The molecule has 0 radical (unpaired) electrons. The van der Waals surface area contributed by atoms with Crippen LogP contribution in [0.15, 0.2) is 12.4 Å². The number of aromatic nitrogens is 2. The van der Waals surface area contributed by atoms with Gasteiger partial charge in [0.1, 0.15) is 0 Å². The predicted molar refractivity (Wildman–Crippen MR) is 46.1 cm³/mol. The summed E-state index contributed by atoms with van der Waals surface area (Å²) in [5.74, 6) is 1.18. The second kappa shape index (κ2) is 4.04. The lowest BCUT2D eigenvalue weighted by Gasteiger charge is -2.04. The molecule has 0 atom stereocenters. The Morgan fingerprint density at radius 1 is 1.58 bits per heavy atom. The highest BCUT2D eigenvalue weighted by Gasteiger charge is 2.14. The van der Waals surface area contributed by atoms with Crippen LogP contribution in [-0.2, 0) is 0 Å². The molecule has 1 N–H and O–H groups in total. The van der Waals surface area contributed by atoms with Gasteiger partial charge in [0.25, 0.3) is 0 Å². The van der Waals surface area contributed by atoms with E-state index in [0.717, 1.165) is 11.6 Å². The number of ether oxygens (including phenoxy) is 1. The van der Waals surface area contributed by atoms with Crippen molar-refractivity contribution in [1.29, 1.82) is 0 Å². The third-order valence-electron chi connectivity index (χ3n) is 1.57. The molecule has 12 heavy (non-hydrogen) atoms.